The molecule has 0 N–H and O–H groups in total. The SMILES string of the molecule is CC(C)(C)O[C@@H]1O[C@H](COC(=O)c2ccccc2)[C@@H]2O[C@H]12. The molecule has 0 unspecified atom stereocenters. The number of esters is 1. The first kappa shape index (κ1) is 14.5. The lowest BCUT2D eigenvalue weighted by Crippen LogP contribution is -2.33. The third-order valence-electron chi connectivity index (χ3n) is 3.36. The molecule has 0 amide bonds. The Balaban J connectivity index is 1.50. The number of fused-ring (bicyclic) bond motifs is 1. The average Bonchev–Trinajstić information content (AvgIpc) is 3.16. The zero-order chi connectivity index (χ0) is 15.0. The van der Waals surface area contributed by atoms with Crippen LogP contribution in [0.4, 0.5) is 0 Å². The van der Waals surface area contributed by atoms with Crippen LogP contribution in [0.25, 0.3) is 0 Å². The molecule has 5 nitrogen and oxygen atoms in total. The van der Waals surface area contributed by atoms with Crippen molar-refractivity contribution in [2.75, 3.05) is 6.61 Å². The Hall–Kier alpha value is -1.43. The fraction of sp³-hybridized carbons (Fsp3) is 0.562. The first-order valence-electron chi connectivity index (χ1n) is 7.15. The maximum atomic E-state index is 11.9. The number of hydrogen-bond donors (Lipinski definition) is 0. The summed E-state index contributed by atoms with van der Waals surface area (Å²) in [6.07, 6.45) is -0.698. The van der Waals surface area contributed by atoms with Gasteiger partial charge in [0.25, 0.3) is 0 Å². The van der Waals surface area contributed by atoms with Crippen LogP contribution in [0, 0.1) is 0 Å². The van der Waals surface area contributed by atoms with E-state index in [1.807, 2.05) is 26.8 Å². The van der Waals surface area contributed by atoms with Gasteiger partial charge < -0.3 is 18.9 Å². The number of carbonyl (C=O) groups is 1. The highest BCUT2D eigenvalue weighted by molar-refractivity contribution is 5.89. The summed E-state index contributed by atoms with van der Waals surface area (Å²) < 4.78 is 22.4. The summed E-state index contributed by atoms with van der Waals surface area (Å²) in [5.41, 5.74) is 0.239. The molecule has 4 atom stereocenters. The van der Waals surface area contributed by atoms with Gasteiger partial charge in [-0.2, -0.15) is 0 Å². The summed E-state index contributed by atoms with van der Waals surface area (Å²) in [4.78, 5) is 11.9. The molecule has 1 aromatic carbocycles. The van der Waals surface area contributed by atoms with Crippen LogP contribution in [-0.2, 0) is 18.9 Å². The number of carbonyl (C=O) groups excluding carboxylic acids is 1. The summed E-state index contributed by atoms with van der Waals surface area (Å²) >= 11 is 0. The number of benzene rings is 1. The van der Waals surface area contributed by atoms with Crippen LogP contribution >= 0.6 is 0 Å². The molecule has 0 radical (unpaired) electrons. The summed E-state index contributed by atoms with van der Waals surface area (Å²) in [6, 6.07) is 8.90. The van der Waals surface area contributed by atoms with E-state index in [0.29, 0.717) is 5.56 Å². The van der Waals surface area contributed by atoms with E-state index >= 15 is 0 Å². The molecular formula is C16H20O5. The van der Waals surface area contributed by atoms with Crippen molar-refractivity contribution >= 4 is 5.97 Å². The molecule has 3 rings (SSSR count). The van der Waals surface area contributed by atoms with Crippen molar-refractivity contribution in [2.45, 2.75) is 51.0 Å². The summed E-state index contributed by atoms with van der Waals surface area (Å²) in [5, 5.41) is 0. The maximum Gasteiger partial charge on any atom is 0.338 e. The van der Waals surface area contributed by atoms with Crippen molar-refractivity contribution in [3.63, 3.8) is 0 Å². The second kappa shape index (κ2) is 5.40. The van der Waals surface area contributed by atoms with E-state index in [0.717, 1.165) is 0 Å². The van der Waals surface area contributed by atoms with Gasteiger partial charge in [-0.15, -0.1) is 0 Å². The molecular weight excluding hydrogens is 272 g/mol. The number of ether oxygens (including phenoxy) is 4. The van der Waals surface area contributed by atoms with Crippen molar-refractivity contribution in [1.82, 2.24) is 0 Å². The lowest BCUT2D eigenvalue weighted by Gasteiger charge is -2.26. The van der Waals surface area contributed by atoms with Gasteiger partial charge in [-0.05, 0) is 32.9 Å². The molecule has 0 aromatic heterocycles. The number of epoxide rings is 1. The fourth-order valence-electron chi connectivity index (χ4n) is 2.37. The monoisotopic (exact) mass is 292 g/mol. The van der Waals surface area contributed by atoms with Crippen LogP contribution in [-0.4, -0.2) is 42.8 Å². The topological polar surface area (TPSA) is 57.3 Å². The van der Waals surface area contributed by atoms with Crippen LogP contribution in [0.5, 0.6) is 0 Å². The Labute approximate surface area is 124 Å². The van der Waals surface area contributed by atoms with Crippen LogP contribution in [0.2, 0.25) is 0 Å². The van der Waals surface area contributed by atoms with Gasteiger partial charge in [-0.3, -0.25) is 0 Å². The zero-order valence-electron chi connectivity index (χ0n) is 12.4. The largest absolute Gasteiger partial charge is 0.459 e. The first-order valence-corrected chi connectivity index (χ1v) is 7.15. The van der Waals surface area contributed by atoms with E-state index in [1.54, 1.807) is 24.3 Å². The summed E-state index contributed by atoms with van der Waals surface area (Å²) in [6.45, 7) is 6.09. The zero-order valence-corrected chi connectivity index (χ0v) is 12.4. The van der Waals surface area contributed by atoms with Gasteiger partial charge in [0.15, 0.2) is 6.29 Å². The van der Waals surface area contributed by atoms with Crippen LogP contribution in [0.3, 0.4) is 0 Å². The highest BCUT2D eigenvalue weighted by Crippen LogP contribution is 2.41. The van der Waals surface area contributed by atoms with E-state index in [-0.39, 0.29) is 42.8 Å². The van der Waals surface area contributed by atoms with Gasteiger partial charge in [-0.1, -0.05) is 18.2 Å². The van der Waals surface area contributed by atoms with Crippen molar-refractivity contribution in [3.05, 3.63) is 35.9 Å². The average molecular weight is 292 g/mol. The minimum Gasteiger partial charge on any atom is -0.459 e. The third kappa shape index (κ3) is 3.43. The van der Waals surface area contributed by atoms with Crippen molar-refractivity contribution in [3.8, 4) is 0 Å². The second-order valence-electron chi connectivity index (χ2n) is 6.30. The van der Waals surface area contributed by atoms with Gasteiger partial charge >= 0.3 is 5.97 Å². The van der Waals surface area contributed by atoms with Gasteiger partial charge in [0.2, 0.25) is 0 Å². The molecule has 21 heavy (non-hydrogen) atoms. The predicted octanol–water partition coefficient (Wildman–Crippen LogP) is 2.15. The Kier molecular flexibility index (Phi) is 3.73. The normalized spacial score (nSPS) is 30.8. The van der Waals surface area contributed by atoms with Crippen molar-refractivity contribution in [1.29, 1.82) is 0 Å². The Morgan fingerprint density at radius 2 is 1.86 bits per heavy atom. The number of hydrogen-bond acceptors (Lipinski definition) is 5. The molecule has 2 aliphatic heterocycles. The smallest absolute Gasteiger partial charge is 0.338 e. The standard InChI is InChI=1S/C16H20O5/c1-16(2,3)21-15-13-12(20-13)11(19-15)9-18-14(17)10-7-5-4-6-8-10/h4-8,11-13,15H,9H2,1-3H3/t11-,12+,13+,15+/m1/s1. The molecule has 0 saturated carbocycles. The van der Waals surface area contributed by atoms with Crippen molar-refractivity contribution < 1.29 is 23.7 Å². The maximum absolute atomic E-state index is 11.9. The van der Waals surface area contributed by atoms with Crippen LogP contribution in [0.15, 0.2) is 30.3 Å². The lowest BCUT2D eigenvalue weighted by molar-refractivity contribution is -0.220. The van der Waals surface area contributed by atoms with E-state index in [4.69, 9.17) is 18.9 Å². The Bertz CT molecular complexity index is 507. The Morgan fingerprint density at radius 3 is 2.52 bits per heavy atom. The van der Waals surface area contributed by atoms with E-state index < -0.39 is 0 Å². The van der Waals surface area contributed by atoms with Crippen molar-refractivity contribution in [2.24, 2.45) is 0 Å². The predicted molar refractivity (Wildman–Crippen MR) is 74.9 cm³/mol. The van der Waals surface area contributed by atoms with Gasteiger partial charge in [0.1, 0.15) is 24.9 Å². The fourth-order valence-corrected chi connectivity index (χ4v) is 2.37. The minimum absolute atomic E-state index is 0.0269. The highest BCUT2D eigenvalue weighted by Gasteiger charge is 2.59. The molecule has 1 aromatic rings. The molecule has 2 aliphatic rings. The molecule has 2 saturated heterocycles. The molecule has 0 aliphatic carbocycles. The van der Waals surface area contributed by atoms with Gasteiger partial charge in [0.05, 0.1) is 11.2 Å². The lowest BCUT2D eigenvalue weighted by atomic mass is 10.2. The second-order valence-corrected chi connectivity index (χ2v) is 6.30. The van der Waals surface area contributed by atoms with Crippen LogP contribution < -0.4 is 0 Å². The minimum atomic E-state index is -0.379. The van der Waals surface area contributed by atoms with Crippen LogP contribution in [0.1, 0.15) is 31.1 Å². The number of rotatable bonds is 4. The molecule has 114 valence electrons. The van der Waals surface area contributed by atoms with Gasteiger partial charge in [0, 0.05) is 0 Å². The van der Waals surface area contributed by atoms with E-state index in [9.17, 15) is 4.79 Å². The molecule has 2 heterocycles. The Morgan fingerprint density at radius 1 is 1.14 bits per heavy atom. The molecule has 5 heteroatoms. The summed E-state index contributed by atoms with van der Waals surface area (Å²) in [5.74, 6) is -0.350. The highest BCUT2D eigenvalue weighted by atomic mass is 16.8. The molecule has 0 spiro atoms. The quantitative estimate of drug-likeness (QED) is 0.628. The third-order valence-corrected chi connectivity index (χ3v) is 3.36. The summed E-state index contributed by atoms with van der Waals surface area (Å²) in [7, 11) is 0. The molecule has 0 bridgehead atoms. The van der Waals surface area contributed by atoms with E-state index in [1.165, 1.54) is 0 Å². The van der Waals surface area contributed by atoms with Gasteiger partial charge in [-0.25, -0.2) is 4.79 Å². The first-order chi connectivity index (χ1) is 9.94. The van der Waals surface area contributed by atoms with E-state index in [2.05, 4.69) is 0 Å². The molecule has 2 fully saturated rings.